The molecule has 0 aliphatic carbocycles. The predicted octanol–water partition coefficient (Wildman–Crippen LogP) is 4.00. The third kappa shape index (κ3) is 9.61. The van der Waals surface area contributed by atoms with Crippen molar-refractivity contribution in [3.05, 3.63) is 0 Å². The Hall–Kier alpha value is -0.0800. The third-order valence-corrected chi connectivity index (χ3v) is 3.23. The first kappa shape index (κ1) is 16.9. The van der Waals surface area contributed by atoms with Crippen LogP contribution in [-0.2, 0) is 4.74 Å². The summed E-state index contributed by atoms with van der Waals surface area (Å²) in [5, 5.41) is 3.44. The van der Waals surface area contributed by atoms with Gasteiger partial charge in [0.05, 0.1) is 12.2 Å². The molecule has 1 unspecified atom stereocenters. The van der Waals surface area contributed by atoms with E-state index in [0.717, 1.165) is 25.6 Å². The number of hydrogen-bond donors (Lipinski definition) is 1. The van der Waals surface area contributed by atoms with Crippen LogP contribution in [0.4, 0.5) is 0 Å². The molecule has 2 heteroatoms. The predicted molar refractivity (Wildman–Crippen MR) is 76.5 cm³/mol. The second-order valence-corrected chi connectivity index (χ2v) is 5.66. The summed E-state index contributed by atoms with van der Waals surface area (Å²) < 4.78 is 6.06. The molecule has 17 heavy (non-hydrogen) atoms. The molecule has 2 nitrogen and oxygen atoms in total. The van der Waals surface area contributed by atoms with E-state index in [1.54, 1.807) is 0 Å². The van der Waals surface area contributed by atoms with Gasteiger partial charge >= 0.3 is 0 Å². The van der Waals surface area contributed by atoms with Gasteiger partial charge in [-0.15, -0.1) is 0 Å². The van der Waals surface area contributed by atoms with Gasteiger partial charge in [-0.2, -0.15) is 0 Å². The average molecular weight is 243 g/mol. The highest BCUT2D eigenvalue weighted by molar-refractivity contribution is 4.72. The number of unbranched alkanes of at least 4 members (excludes halogenated alkanes) is 1. The van der Waals surface area contributed by atoms with E-state index in [0.29, 0.717) is 0 Å². The Kier molecular flexibility index (Phi) is 9.85. The van der Waals surface area contributed by atoms with Crippen LogP contribution in [0.3, 0.4) is 0 Å². The van der Waals surface area contributed by atoms with Crippen LogP contribution < -0.4 is 5.32 Å². The molecule has 0 saturated heterocycles. The molecule has 1 atom stereocenters. The normalized spacial score (nSPS) is 13.9. The van der Waals surface area contributed by atoms with E-state index in [-0.39, 0.29) is 5.60 Å². The van der Waals surface area contributed by atoms with Crippen LogP contribution in [0.2, 0.25) is 0 Å². The molecule has 104 valence electrons. The highest BCUT2D eigenvalue weighted by atomic mass is 16.5. The molecule has 0 aliphatic rings. The summed E-state index contributed by atoms with van der Waals surface area (Å²) in [4.78, 5) is 0. The highest BCUT2D eigenvalue weighted by Crippen LogP contribution is 2.17. The fraction of sp³-hybridized carbons (Fsp3) is 1.00. The molecule has 0 radical (unpaired) electrons. The molecular formula is C15H33NO. The smallest absolute Gasteiger partial charge is 0.0750 e. The number of hydrogen-bond acceptors (Lipinski definition) is 2. The van der Waals surface area contributed by atoms with Gasteiger partial charge in [0.15, 0.2) is 0 Å². The molecular weight excluding hydrogens is 210 g/mol. The van der Waals surface area contributed by atoms with Crippen molar-refractivity contribution in [2.45, 2.75) is 72.3 Å². The minimum absolute atomic E-state index is 0.0329. The lowest BCUT2D eigenvalue weighted by Gasteiger charge is -2.28. The van der Waals surface area contributed by atoms with Crippen LogP contribution >= 0.6 is 0 Å². The van der Waals surface area contributed by atoms with Crippen LogP contribution in [0.1, 0.15) is 66.7 Å². The summed E-state index contributed by atoms with van der Waals surface area (Å²) in [5.74, 6) is 0.736. The Balaban J connectivity index is 3.79. The maximum absolute atomic E-state index is 6.06. The number of nitrogens with one attached hydrogen (secondary N) is 1. The van der Waals surface area contributed by atoms with Crippen molar-refractivity contribution in [3.63, 3.8) is 0 Å². The molecule has 0 aromatic rings. The standard InChI is InChI=1S/C15H33NO/c1-6-9-10-14(8-3)12-17-15(4,5)13-16-11-7-2/h14,16H,6-13H2,1-5H3. The van der Waals surface area contributed by atoms with Crippen molar-refractivity contribution in [1.29, 1.82) is 0 Å². The molecule has 0 aliphatic heterocycles. The van der Waals surface area contributed by atoms with E-state index in [1.165, 1.54) is 32.1 Å². The van der Waals surface area contributed by atoms with Gasteiger partial charge < -0.3 is 10.1 Å². The molecule has 0 fully saturated rings. The summed E-state index contributed by atoms with van der Waals surface area (Å²) in [7, 11) is 0. The van der Waals surface area contributed by atoms with Crippen LogP contribution in [-0.4, -0.2) is 25.3 Å². The molecule has 0 saturated carbocycles. The van der Waals surface area contributed by atoms with E-state index in [4.69, 9.17) is 4.74 Å². The Morgan fingerprint density at radius 2 is 1.82 bits per heavy atom. The molecule has 1 N–H and O–H groups in total. The van der Waals surface area contributed by atoms with Crippen molar-refractivity contribution in [2.24, 2.45) is 5.92 Å². The zero-order valence-electron chi connectivity index (χ0n) is 12.6. The molecule has 0 aromatic heterocycles. The van der Waals surface area contributed by atoms with Crippen molar-refractivity contribution in [2.75, 3.05) is 19.7 Å². The zero-order chi connectivity index (χ0) is 13.1. The topological polar surface area (TPSA) is 21.3 Å². The lowest BCUT2D eigenvalue weighted by Crippen LogP contribution is -2.39. The Morgan fingerprint density at radius 3 is 2.35 bits per heavy atom. The van der Waals surface area contributed by atoms with Crippen LogP contribution in [0.15, 0.2) is 0 Å². The molecule has 0 aromatic carbocycles. The van der Waals surface area contributed by atoms with Crippen molar-refractivity contribution < 1.29 is 4.74 Å². The van der Waals surface area contributed by atoms with Crippen LogP contribution in [0.25, 0.3) is 0 Å². The van der Waals surface area contributed by atoms with Gasteiger partial charge in [0.2, 0.25) is 0 Å². The second-order valence-electron chi connectivity index (χ2n) is 5.66. The highest BCUT2D eigenvalue weighted by Gasteiger charge is 2.19. The van der Waals surface area contributed by atoms with E-state index in [9.17, 15) is 0 Å². The monoisotopic (exact) mass is 243 g/mol. The average Bonchev–Trinajstić information content (AvgIpc) is 2.29. The summed E-state index contributed by atoms with van der Waals surface area (Å²) in [6.07, 6.45) is 6.35. The molecule has 0 amide bonds. The number of ether oxygens (including phenoxy) is 1. The first-order valence-corrected chi connectivity index (χ1v) is 7.40. The first-order chi connectivity index (χ1) is 8.05. The molecule has 0 bridgehead atoms. The van der Waals surface area contributed by atoms with Gasteiger partial charge in [0, 0.05) is 6.54 Å². The Bertz CT molecular complexity index is 168. The van der Waals surface area contributed by atoms with E-state index < -0.39 is 0 Å². The maximum atomic E-state index is 6.06. The molecule has 0 heterocycles. The van der Waals surface area contributed by atoms with E-state index in [1.807, 2.05) is 0 Å². The van der Waals surface area contributed by atoms with E-state index in [2.05, 4.69) is 39.9 Å². The van der Waals surface area contributed by atoms with Gasteiger partial charge in [0.25, 0.3) is 0 Å². The summed E-state index contributed by atoms with van der Waals surface area (Å²) in [6.45, 7) is 14.0. The van der Waals surface area contributed by atoms with Crippen LogP contribution in [0.5, 0.6) is 0 Å². The largest absolute Gasteiger partial charge is 0.374 e. The quantitative estimate of drug-likeness (QED) is 0.554. The maximum Gasteiger partial charge on any atom is 0.0750 e. The lowest BCUT2D eigenvalue weighted by atomic mass is 10.00. The first-order valence-electron chi connectivity index (χ1n) is 7.40. The zero-order valence-corrected chi connectivity index (χ0v) is 12.6. The summed E-state index contributed by atoms with van der Waals surface area (Å²) in [5.41, 5.74) is -0.0329. The van der Waals surface area contributed by atoms with Gasteiger partial charge in [-0.25, -0.2) is 0 Å². The van der Waals surface area contributed by atoms with Gasteiger partial charge in [0.1, 0.15) is 0 Å². The fourth-order valence-corrected chi connectivity index (χ4v) is 1.86. The SMILES string of the molecule is CCCCC(CC)COC(C)(C)CNCCC. The lowest BCUT2D eigenvalue weighted by molar-refractivity contribution is -0.0359. The minimum atomic E-state index is -0.0329. The Morgan fingerprint density at radius 1 is 1.12 bits per heavy atom. The van der Waals surface area contributed by atoms with Gasteiger partial charge in [-0.1, -0.05) is 40.0 Å². The van der Waals surface area contributed by atoms with Crippen LogP contribution in [0, 0.1) is 5.92 Å². The third-order valence-electron chi connectivity index (χ3n) is 3.23. The fourth-order valence-electron chi connectivity index (χ4n) is 1.86. The van der Waals surface area contributed by atoms with Crippen molar-refractivity contribution in [1.82, 2.24) is 5.32 Å². The van der Waals surface area contributed by atoms with Gasteiger partial charge in [-0.05, 0) is 39.2 Å². The van der Waals surface area contributed by atoms with Gasteiger partial charge in [-0.3, -0.25) is 0 Å². The van der Waals surface area contributed by atoms with Crippen molar-refractivity contribution in [3.8, 4) is 0 Å². The minimum Gasteiger partial charge on any atom is -0.374 e. The number of rotatable bonds is 11. The van der Waals surface area contributed by atoms with E-state index >= 15 is 0 Å². The van der Waals surface area contributed by atoms with Crippen molar-refractivity contribution >= 4 is 0 Å². The molecule has 0 rings (SSSR count). The second kappa shape index (κ2) is 9.90. The molecule has 0 spiro atoms. The summed E-state index contributed by atoms with van der Waals surface area (Å²) in [6, 6.07) is 0. The Labute approximate surface area is 109 Å². The summed E-state index contributed by atoms with van der Waals surface area (Å²) >= 11 is 0.